The quantitative estimate of drug-likeness (QED) is 0.827. The van der Waals surface area contributed by atoms with Gasteiger partial charge in [-0.3, -0.25) is 14.6 Å². The van der Waals surface area contributed by atoms with Crippen LogP contribution in [0.3, 0.4) is 0 Å². The van der Waals surface area contributed by atoms with Crippen LogP contribution in [0.2, 0.25) is 0 Å². The standard InChI is InChI=1S/C20H33N5O/c1-2-8-22-9-10-25-15-18(21-19(25)16-22)20(26)24-13-11-23(12-14-24)17-6-4-3-5-7-17/h15,17H,2-14,16H2,1H3. The van der Waals surface area contributed by atoms with Gasteiger partial charge in [0.2, 0.25) is 0 Å². The molecular weight excluding hydrogens is 326 g/mol. The van der Waals surface area contributed by atoms with Crippen molar-refractivity contribution in [2.24, 2.45) is 0 Å². The molecule has 0 aromatic carbocycles. The lowest BCUT2D eigenvalue weighted by Crippen LogP contribution is -2.52. The predicted octanol–water partition coefficient (Wildman–Crippen LogP) is 2.20. The molecular formula is C20H33N5O. The van der Waals surface area contributed by atoms with Gasteiger partial charge in [0.15, 0.2) is 0 Å². The molecule has 0 unspecified atom stereocenters. The lowest BCUT2D eigenvalue weighted by atomic mass is 9.94. The first kappa shape index (κ1) is 18.0. The highest BCUT2D eigenvalue weighted by atomic mass is 16.2. The van der Waals surface area contributed by atoms with Crippen LogP contribution < -0.4 is 0 Å². The Bertz CT molecular complexity index is 614. The average molecular weight is 360 g/mol. The van der Waals surface area contributed by atoms with Gasteiger partial charge in [0, 0.05) is 51.5 Å². The van der Waals surface area contributed by atoms with Gasteiger partial charge >= 0.3 is 0 Å². The topological polar surface area (TPSA) is 44.6 Å². The van der Waals surface area contributed by atoms with Gasteiger partial charge in [-0.25, -0.2) is 4.98 Å². The van der Waals surface area contributed by atoms with Crippen molar-refractivity contribution in [3.05, 3.63) is 17.7 Å². The number of rotatable bonds is 4. The summed E-state index contributed by atoms with van der Waals surface area (Å²) in [5.74, 6) is 1.17. The second-order valence-corrected chi connectivity index (χ2v) is 8.13. The second-order valence-electron chi connectivity index (χ2n) is 8.13. The van der Waals surface area contributed by atoms with Crippen LogP contribution in [0, 0.1) is 0 Å². The smallest absolute Gasteiger partial charge is 0.274 e. The number of hydrogen-bond acceptors (Lipinski definition) is 4. The maximum atomic E-state index is 12.9. The molecule has 0 radical (unpaired) electrons. The molecule has 0 atom stereocenters. The summed E-state index contributed by atoms with van der Waals surface area (Å²) in [7, 11) is 0. The number of aromatic nitrogens is 2. The molecule has 4 rings (SSSR count). The summed E-state index contributed by atoms with van der Waals surface area (Å²) in [6.07, 6.45) is 9.98. The van der Waals surface area contributed by atoms with E-state index in [0.29, 0.717) is 5.69 Å². The van der Waals surface area contributed by atoms with E-state index < -0.39 is 0 Å². The zero-order valence-corrected chi connectivity index (χ0v) is 16.2. The van der Waals surface area contributed by atoms with Crippen molar-refractivity contribution in [3.8, 4) is 0 Å². The van der Waals surface area contributed by atoms with Gasteiger partial charge in [-0.05, 0) is 25.8 Å². The largest absolute Gasteiger partial charge is 0.335 e. The highest BCUT2D eigenvalue weighted by Crippen LogP contribution is 2.24. The fourth-order valence-corrected chi connectivity index (χ4v) is 4.81. The Morgan fingerprint density at radius 1 is 1.08 bits per heavy atom. The monoisotopic (exact) mass is 359 g/mol. The number of carbonyl (C=O) groups is 1. The Hall–Kier alpha value is -1.40. The molecule has 144 valence electrons. The van der Waals surface area contributed by atoms with Crippen LogP contribution in [0.25, 0.3) is 0 Å². The molecule has 6 heteroatoms. The van der Waals surface area contributed by atoms with Gasteiger partial charge in [0.05, 0.1) is 6.54 Å². The average Bonchev–Trinajstić information content (AvgIpc) is 3.12. The maximum absolute atomic E-state index is 12.9. The van der Waals surface area contributed by atoms with Gasteiger partial charge in [0.25, 0.3) is 5.91 Å². The summed E-state index contributed by atoms with van der Waals surface area (Å²) >= 11 is 0. The summed E-state index contributed by atoms with van der Waals surface area (Å²) < 4.78 is 2.18. The first-order valence-corrected chi connectivity index (χ1v) is 10.6. The molecule has 3 heterocycles. The molecule has 2 aliphatic heterocycles. The highest BCUT2D eigenvalue weighted by Gasteiger charge is 2.29. The van der Waals surface area contributed by atoms with E-state index in [-0.39, 0.29) is 5.91 Å². The summed E-state index contributed by atoms with van der Waals surface area (Å²) in [5.41, 5.74) is 0.643. The molecule has 2 fully saturated rings. The molecule has 0 spiro atoms. The minimum Gasteiger partial charge on any atom is -0.335 e. The molecule has 1 amide bonds. The van der Waals surface area contributed by atoms with Crippen molar-refractivity contribution < 1.29 is 4.79 Å². The molecule has 1 aliphatic carbocycles. The Morgan fingerprint density at radius 2 is 1.85 bits per heavy atom. The lowest BCUT2D eigenvalue weighted by Gasteiger charge is -2.40. The van der Waals surface area contributed by atoms with Gasteiger partial charge in [0.1, 0.15) is 11.5 Å². The second kappa shape index (κ2) is 8.09. The fourth-order valence-electron chi connectivity index (χ4n) is 4.81. The minimum absolute atomic E-state index is 0.122. The third-order valence-corrected chi connectivity index (χ3v) is 6.33. The number of amides is 1. The zero-order valence-electron chi connectivity index (χ0n) is 16.2. The molecule has 6 nitrogen and oxygen atoms in total. The Labute approximate surface area is 157 Å². The number of fused-ring (bicyclic) bond motifs is 1. The van der Waals surface area contributed by atoms with Crippen molar-refractivity contribution in [1.29, 1.82) is 0 Å². The van der Waals surface area contributed by atoms with Crippen molar-refractivity contribution in [2.75, 3.05) is 39.3 Å². The zero-order chi connectivity index (χ0) is 17.9. The Kier molecular flexibility index (Phi) is 5.60. The number of piperazine rings is 1. The van der Waals surface area contributed by atoms with Gasteiger partial charge in [-0.1, -0.05) is 26.2 Å². The normalized spacial score (nSPS) is 23.2. The SMILES string of the molecule is CCCN1CCn2cc(C(=O)N3CCN(C4CCCCC4)CC3)nc2C1. The van der Waals surface area contributed by atoms with Crippen LogP contribution in [-0.2, 0) is 13.1 Å². The molecule has 0 N–H and O–H groups in total. The summed E-state index contributed by atoms with van der Waals surface area (Å²) in [5, 5.41) is 0. The third-order valence-electron chi connectivity index (χ3n) is 6.33. The van der Waals surface area contributed by atoms with E-state index in [4.69, 9.17) is 0 Å². The fraction of sp³-hybridized carbons (Fsp3) is 0.800. The molecule has 1 aromatic rings. The van der Waals surface area contributed by atoms with E-state index in [1.54, 1.807) is 0 Å². The lowest BCUT2D eigenvalue weighted by molar-refractivity contribution is 0.0518. The van der Waals surface area contributed by atoms with Crippen molar-refractivity contribution in [2.45, 2.75) is 64.6 Å². The highest BCUT2D eigenvalue weighted by molar-refractivity contribution is 5.92. The molecule has 1 saturated heterocycles. The minimum atomic E-state index is 0.122. The van der Waals surface area contributed by atoms with E-state index in [1.807, 2.05) is 11.1 Å². The first-order valence-electron chi connectivity index (χ1n) is 10.6. The molecule has 1 saturated carbocycles. The maximum Gasteiger partial charge on any atom is 0.274 e. The molecule has 1 aromatic heterocycles. The number of nitrogens with zero attached hydrogens (tertiary/aromatic N) is 5. The summed E-state index contributed by atoms with van der Waals surface area (Å²) in [6, 6.07) is 0.755. The van der Waals surface area contributed by atoms with Gasteiger partial charge in [-0.15, -0.1) is 0 Å². The van der Waals surface area contributed by atoms with Crippen LogP contribution in [0.4, 0.5) is 0 Å². The van der Waals surface area contributed by atoms with E-state index in [0.717, 1.165) is 70.6 Å². The van der Waals surface area contributed by atoms with Crippen LogP contribution in [0.5, 0.6) is 0 Å². The molecule has 0 bridgehead atoms. The Balaban J connectivity index is 1.34. The third kappa shape index (κ3) is 3.81. The van der Waals surface area contributed by atoms with Gasteiger partial charge < -0.3 is 9.47 Å². The van der Waals surface area contributed by atoms with Crippen molar-refractivity contribution in [3.63, 3.8) is 0 Å². The number of imidazole rings is 1. The van der Waals surface area contributed by atoms with E-state index >= 15 is 0 Å². The molecule has 3 aliphatic rings. The van der Waals surface area contributed by atoms with Crippen LogP contribution in [0.1, 0.15) is 61.8 Å². The Morgan fingerprint density at radius 3 is 2.58 bits per heavy atom. The number of hydrogen-bond donors (Lipinski definition) is 0. The number of carbonyl (C=O) groups excluding carboxylic acids is 1. The summed E-state index contributed by atoms with van der Waals surface area (Å²) in [6.45, 7) is 9.94. The van der Waals surface area contributed by atoms with Crippen LogP contribution in [-0.4, -0.2) is 75.5 Å². The van der Waals surface area contributed by atoms with Gasteiger partial charge in [-0.2, -0.15) is 0 Å². The molecule has 26 heavy (non-hydrogen) atoms. The van der Waals surface area contributed by atoms with E-state index in [1.165, 1.54) is 32.1 Å². The van der Waals surface area contributed by atoms with E-state index in [9.17, 15) is 4.79 Å². The first-order chi connectivity index (χ1) is 12.7. The van der Waals surface area contributed by atoms with Crippen molar-refractivity contribution in [1.82, 2.24) is 24.3 Å². The van der Waals surface area contributed by atoms with Crippen LogP contribution >= 0.6 is 0 Å². The predicted molar refractivity (Wildman–Crippen MR) is 102 cm³/mol. The summed E-state index contributed by atoms with van der Waals surface area (Å²) in [4.78, 5) is 24.7. The van der Waals surface area contributed by atoms with E-state index in [2.05, 4.69) is 26.3 Å². The van der Waals surface area contributed by atoms with Crippen molar-refractivity contribution >= 4 is 5.91 Å². The van der Waals surface area contributed by atoms with Crippen LogP contribution in [0.15, 0.2) is 6.20 Å².